The Morgan fingerprint density at radius 1 is 0.377 bits per heavy atom. The summed E-state index contributed by atoms with van der Waals surface area (Å²) in [7, 11) is 1.42. The highest BCUT2D eigenvalue weighted by Gasteiger charge is 2.64. The van der Waals surface area contributed by atoms with Crippen LogP contribution in [0.25, 0.3) is 0 Å². The summed E-state index contributed by atoms with van der Waals surface area (Å²) in [4.78, 5) is 166. The SMILES string of the molecule is CC1C(=O)N(C2CCC(C(=O)OC34CC5CC(CC(C5)C3)C4)CC2)C(=O)C1C.CC1C(=O)N(CCC(=O)OC2(C)C3CC4CC(C3)CC2C4)C(=O)C1C.CC1C(=O)N(CCC(=O)OCC23CC4CC(CC(C4)C2)C3)C(=O)C1C.COC(=O)C12CC3CC(CC(OC(=O)CCN4C(=O)C(C)C(C)C4=O)(C3)C1)C2. The number of likely N-dealkylation sites (tertiary alicyclic amines) is 4. The minimum Gasteiger partial charge on any atom is -0.469 e. The molecule has 0 spiro atoms. The van der Waals surface area contributed by atoms with Crippen molar-refractivity contribution in [1.29, 1.82) is 0 Å². The van der Waals surface area contributed by atoms with Gasteiger partial charge in [0.25, 0.3) is 0 Å². The molecule has 0 aromatic rings. The van der Waals surface area contributed by atoms with E-state index in [9.17, 15) is 62.3 Å². The van der Waals surface area contributed by atoms with E-state index in [1.807, 2.05) is 13.8 Å². The lowest BCUT2D eigenvalue weighted by Gasteiger charge is -2.59. The van der Waals surface area contributed by atoms with Crippen LogP contribution in [-0.2, 0) is 86.0 Å². The first-order chi connectivity index (χ1) is 50.2. The molecule has 21 rings (SSSR count). The smallest absolute Gasteiger partial charge is 0.311 e. The molecule has 0 aromatic carbocycles. The van der Waals surface area contributed by atoms with Gasteiger partial charge in [-0.1, -0.05) is 55.4 Å². The molecule has 4 aliphatic heterocycles. The molecule has 17 saturated carbocycles. The predicted octanol–water partition coefficient (Wildman–Crippen LogP) is 11.3. The Labute approximate surface area is 626 Å². The van der Waals surface area contributed by atoms with Crippen molar-refractivity contribution in [3.63, 3.8) is 0 Å². The van der Waals surface area contributed by atoms with Gasteiger partial charge >= 0.3 is 29.8 Å². The van der Waals surface area contributed by atoms with Gasteiger partial charge in [-0.25, -0.2) is 0 Å². The Kier molecular flexibility index (Phi) is 21.2. The maximum absolute atomic E-state index is 13.0. The van der Waals surface area contributed by atoms with Crippen LogP contribution in [0.2, 0.25) is 0 Å². The summed E-state index contributed by atoms with van der Waals surface area (Å²) in [5, 5.41) is 0. The quantitative estimate of drug-likeness (QED) is 0.0743. The van der Waals surface area contributed by atoms with E-state index >= 15 is 0 Å². The maximum atomic E-state index is 13.0. The van der Waals surface area contributed by atoms with Crippen LogP contribution in [0.3, 0.4) is 0 Å². The molecule has 0 aromatic heterocycles. The molecule has 10 unspecified atom stereocenters. The number of nitrogens with zero attached hydrogens (tertiary/aromatic N) is 4. The lowest BCUT2D eigenvalue weighted by molar-refractivity contribution is -0.211. The van der Waals surface area contributed by atoms with E-state index < -0.39 is 17.0 Å². The highest BCUT2D eigenvalue weighted by molar-refractivity contribution is 6.07. The number of carbonyl (C=O) groups excluding carboxylic acids is 13. The van der Waals surface area contributed by atoms with Crippen LogP contribution >= 0.6 is 0 Å². The standard InChI is InChI=1S/C23H33NO4.C21H29NO6.2C20H29NO4/c1-13-14(2)21(26)24(20(13)25)19-5-3-18(4-6-19)22(27)28-23-10-15-7-16(11-23)9-17(8-15)12-23;1-12-13(2)18(25)22(17(12)24)5-4-16(23)28-21-9-14-6-15(10-21)8-20(7-14,11-21)19(26)27-3;1-11-12(2)19(24)21(18(11)23)5-4-17(22)25-20(3)15-7-13-6-14(9-15)10-16(20)8-13;1-12-13(2)19(24)21(18(12)23)4-3-17(22)25-11-20-8-14-5-15(9-20)7-16(6-14)10-20/h13-19H,3-12H2,1-2H3;12-15H,4-11H2,1-3H3;11-16H,4-10H2,1-3H3;12-16H,3-11H2,1-2H3. The van der Waals surface area contributed by atoms with E-state index in [2.05, 4.69) is 6.92 Å². The van der Waals surface area contributed by atoms with Crippen molar-refractivity contribution in [3.8, 4) is 0 Å². The third-order valence-electron chi connectivity index (χ3n) is 31.3. The summed E-state index contributed by atoms with van der Waals surface area (Å²) in [5.41, 5.74) is -1.43. The molecule has 4 saturated heterocycles. The normalized spacial score (nSPS) is 44.2. The first-order valence-corrected chi connectivity index (χ1v) is 41.5. The number of rotatable bonds is 17. The second-order valence-corrected chi connectivity index (χ2v) is 38.5. The summed E-state index contributed by atoms with van der Waals surface area (Å²) in [6.45, 7) is 17.3. The Hall–Kier alpha value is -6.09. The van der Waals surface area contributed by atoms with Gasteiger partial charge < -0.3 is 23.7 Å². The first-order valence-electron chi connectivity index (χ1n) is 41.5. The monoisotopic (exact) mass is 1470 g/mol. The zero-order valence-electron chi connectivity index (χ0n) is 64.9. The largest absolute Gasteiger partial charge is 0.469 e. The van der Waals surface area contributed by atoms with E-state index in [-0.39, 0.29) is 186 Å². The number of imide groups is 4. The number of ether oxygens (including phenoxy) is 5. The van der Waals surface area contributed by atoms with E-state index in [0.717, 1.165) is 124 Å². The molecule has 16 bridgehead atoms. The molecule has 21 fully saturated rings. The summed E-state index contributed by atoms with van der Waals surface area (Å²) in [5.74, 6) is 3.66. The highest BCUT2D eigenvalue weighted by Crippen LogP contribution is 2.65. The summed E-state index contributed by atoms with van der Waals surface area (Å²) < 4.78 is 28.9. The van der Waals surface area contributed by atoms with Gasteiger partial charge in [0.2, 0.25) is 47.3 Å². The number of hydrogen-bond donors (Lipinski definition) is 0. The second kappa shape index (κ2) is 29.3. The van der Waals surface area contributed by atoms with Gasteiger partial charge in [0.05, 0.1) is 44.3 Å². The van der Waals surface area contributed by atoms with Gasteiger partial charge in [-0.15, -0.1) is 0 Å². The highest BCUT2D eigenvalue weighted by atomic mass is 16.6. The van der Waals surface area contributed by atoms with Crippen LogP contribution in [0.15, 0.2) is 0 Å². The third kappa shape index (κ3) is 14.5. The topological polar surface area (TPSA) is 281 Å². The molecule has 22 nitrogen and oxygen atoms in total. The molecule has 4 heterocycles. The first kappa shape index (κ1) is 76.7. The molecule has 584 valence electrons. The number of esters is 5. The molecule has 0 radical (unpaired) electrons. The van der Waals surface area contributed by atoms with Crippen molar-refractivity contribution in [2.24, 2.45) is 135 Å². The van der Waals surface area contributed by atoms with Gasteiger partial charge in [-0.3, -0.25) is 81.9 Å². The van der Waals surface area contributed by atoms with E-state index in [1.54, 1.807) is 41.5 Å². The van der Waals surface area contributed by atoms with Crippen LogP contribution in [0, 0.1) is 135 Å². The van der Waals surface area contributed by atoms with Crippen LogP contribution < -0.4 is 0 Å². The molecule has 8 amide bonds. The van der Waals surface area contributed by atoms with Crippen LogP contribution in [0.5, 0.6) is 0 Å². The average Bonchev–Trinajstić information content (AvgIpc) is 1.01. The van der Waals surface area contributed by atoms with Gasteiger partial charge in [-0.05, 0) is 245 Å². The molecular weight excluding hydrogens is 1350 g/mol. The van der Waals surface area contributed by atoms with Crippen molar-refractivity contribution in [3.05, 3.63) is 0 Å². The van der Waals surface area contributed by atoms with Crippen molar-refractivity contribution in [2.45, 2.75) is 278 Å². The minimum atomic E-state index is -0.602. The Balaban J connectivity index is 0.000000119. The fraction of sp³-hybridized carbons (Fsp3) is 0.845. The number of amides is 8. The van der Waals surface area contributed by atoms with Crippen molar-refractivity contribution < 1.29 is 86.0 Å². The molecule has 0 N–H and O–H groups in total. The van der Waals surface area contributed by atoms with E-state index in [4.69, 9.17) is 23.7 Å². The predicted molar refractivity (Wildman–Crippen MR) is 383 cm³/mol. The Morgan fingerprint density at radius 3 is 1.11 bits per heavy atom. The zero-order chi connectivity index (χ0) is 75.6. The van der Waals surface area contributed by atoms with Crippen LogP contribution in [0.4, 0.5) is 0 Å². The van der Waals surface area contributed by atoms with Crippen molar-refractivity contribution in [1.82, 2.24) is 19.6 Å². The summed E-state index contributed by atoms with van der Waals surface area (Å²) in [6.07, 6.45) is 29.2. The fourth-order valence-corrected chi connectivity index (χ4v) is 26.1. The minimum absolute atomic E-state index is 0.000766. The van der Waals surface area contributed by atoms with Crippen molar-refractivity contribution >= 4 is 77.1 Å². The fourth-order valence-electron chi connectivity index (χ4n) is 26.1. The van der Waals surface area contributed by atoms with Crippen LogP contribution in [-0.4, -0.2) is 153 Å². The van der Waals surface area contributed by atoms with E-state index in [1.165, 1.54) is 117 Å². The third-order valence-corrected chi connectivity index (χ3v) is 31.3. The molecule has 10 atom stereocenters. The average molecular weight is 1470 g/mol. The lowest BCUT2D eigenvalue weighted by atomic mass is 9.48. The second-order valence-electron chi connectivity index (χ2n) is 38.5. The van der Waals surface area contributed by atoms with E-state index in [0.29, 0.717) is 36.7 Å². The van der Waals surface area contributed by atoms with Gasteiger partial charge in [-0.2, -0.15) is 0 Å². The molecule has 21 aliphatic rings. The maximum Gasteiger partial charge on any atom is 0.311 e. The zero-order valence-corrected chi connectivity index (χ0v) is 64.9. The molecule has 17 aliphatic carbocycles. The molecule has 106 heavy (non-hydrogen) atoms. The number of carbonyl (C=O) groups is 13. The Bertz CT molecular complexity index is 3340. The molecular formula is C84H120N4O18. The van der Waals surface area contributed by atoms with Gasteiger partial charge in [0.1, 0.15) is 16.8 Å². The van der Waals surface area contributed by atoms with Gasteiger partial charge in [0, 0.05) is 84.9 Å². The summed E-state index contributed by atoms with van der Waals surface area (Å²) in [6, 6.07) is -0.0315. The van der Waals surface area contributed by atoms with Gasteiger partial charge in [0.15, 0.2) is 0 Å². The van der Waals surface area contributed by atoms with Crippen LogP contribution in [0.1, 0.15) is 255 Å². The number of methoxy groups -OCH3 is 1. The Morgan fingerprint density at radius 2 is 0.717 bits per heavy atom. The lowest BCUT2D eigenvalue weighted by Crippen LogP contribution is -2.60. The van der Waals surface area contributed by atoms with Crippen molar-refractivity contribution in [2.75, 3.05) is 33.4 Å². The summed E-state index contributed by atoms with van der Waals surface area (Å²) >= 11 is 0. The number of hydrogen-bond acceptors (Lipinski definition) is 18. The molecule has 22 heteroatoms.